The summed E-state index contributed by atoms with van der Waals surface area (Å²) >= 11 is 0. The summed E-state index contributed by atoms with van der Waals surface area (Å²) in [4.78, 5) is 0. The first-order valence-electron chi connectivity index (χ1n) is 20.3. The van der Waals surface area contributed by atoms with Gasteiger partial charge in [0.05, 0.1) is 16.7 Å². The average Bonchev–Trinajstić information content (AvgIpc) is 3.16. The van der Waals surface area contributed by atoms with E-state index < -0.39 is 0 Å². The Bertz CT molecular complexity index is 2350. The topological polar surface area (TPSA) is 177 Å². The van der Waals surface area contributed by atoms with Gasteiger partial charge in [-0.3, -0.25) is 0 Å². The molecule has 0 radical (unpaired) electrons. The standard InChI is InChI=1S/C47H46N6O3/c48-23-32-13-35(51)1-4-39(32)54-42-16-38(46-17-26-7-27(18-46)9-28(8-26)19-46)44(55-40-5-2-36(52)14-33(40)24-49)43(45(42)56-41-6-3-37(53)15-34(41)25-50)47-20-29-10-30(21-47)12-31(11-29)22-47/h1-6,13-16,26-31H,7-12,17-22,51-53H2. The molecule has 8 aliphatic rings. The van der Waals surface area contributed by atoms with Crippen molar-refractivity contribution in [1.29, 1.82) is 15.8 Å². The summed E-state index contributed by atoms with van der Waals surface area (Å²) in [6.45, 7) is 0. The minimum Gasteiger partial charge on any atom is -0.455 e. The normalized spacial score (nSPS) is 30.3. The minimum absolute atomic E-state index is 0.170. The van der Waals surface area contributed by atoms with Gasteiger partial charge in [0.15, 0.2) is 11.5 Å². The van der Waals surface area contributed by atoms with Gasteiger partial charge in [-0.05, 0) is 179 Å². The van der Waals surface area contributed by atoms with E-state index in [9.17, 15) is 15.8 Å². The Hall–Kier alpha value is -5.85. The molecule has 0 amide bonds. The van der Waals surface area contributed by atoms with Gasteiger partial charge in [-0.2, -0.15) is 15.8 Å². The molecule has 8 bridgehead atoms. The number of nitrogen functional groups attached to an aromatic ring is 3. The zero-order valence-electron chi connectivity index (χ0n) is 31.5. The van der Waals surface area contributed by atoms with E-state index >= 15 is 0 Å². The molecular weight excluding hydrogens is 697 g/mol. The monoisotopic (exact) mass is 742 g/mol. The van der Waals surface area contributed by atoms with E-state index in [2.05, 4.69) is 24.3 Å². The van der Waals surface area contributed by atoms with Crippen LogP contribution in [0.3, 0.4) is 0 Å². The third-order valence-corrected chi connectivity index (χ3v) is 14.4. The first-order valence-corrected chi connectivity index (χ1v) is 20.3. The third kappa shape index (κ3) is 5.69. The number of hydrogen-bond donors (Lipinski definition) is 3. The highest BCUT2D eigenvalue weighted by Gasteiger charge is 2.57. The van der Waals surface area contributed by atoms with Crippen LogP contribution in [0.2, 0.25) is 0 Å². The van der Waals surface area contributed by atoms with Crippen LogP contribution >= 0.6 is 0 Å². The SMILES string of the molecule is N#Cc1cc(N)ccc1Oc1cc(C23CC4CC(CC(C4)C2)C3)c(Oc2ccc(N)cc2C#N)c(C23CC4CC(CC(C4)C2)C3)c1Oc1ccc(N)cc1C#N. The first kappa shape index (κ1) is 34.6. The zero-order chi connectivity index (χ0) is 38.3. The van der Waals surface area contributed by atoms with Crippen molar-refractivity contribution in [2.24, 2.45) is 35.5 Å². The van der Waals surface area contributed by atoms with Crippen molar-refractivity contribution in [1.82, 2.24) is 0 Å². The quantitative estimate of drug-likeness (QED) is 0.148. The lowest BCUT2D eigenvalue weighted by molar-refractivity contribution is -0.0107. The lowest BCUT2D eigenvalue weighted by atomic mass is 9.46. The number of hydrogen-bond acceptors (Lipinski definition) is 9. The highest BCUT2D eigenvalue weighted by atomic mass is 16.5. The molecule has 8 aliphatic carbocycles. The van der Waals surface area contributed by atoms with Gasteiger partial charge in [-0.1, -0.05) is 0 Å². The minimum atomic E-state index is -0.309. The van der Waals surface area contributed by atoms with Gasteiger partial charge in [0, 0.05) is 33.6 Å². The van der Waals surface area contributed by atoms with Crippen molar-refractivity contribution in [2.75, 3.05) is 17.2 Å². The Morgan fingerprint density at radius 3 is 1.20 bits per heavy atom. The summed E-state index contributed by atoms with van der Waals surface area (Å²) in [5.41, 5.74) is 22.6. The van der Waals surface area contributed by atoms with E-state index in [0.29, 0.717) is 98.0 Å². The maximum atomic E-state index is 10.4. The summed E-state index contributed by atoms with van der Waals surface area (Å²) in [6, 6.07) is 24.6. The van der Waals surface area contributed by atoms with E-state index in [1.807, 2.05) is 6.07 Å². The summed E-state index contributed by atoms with van der Waals surface area (Å²) in [5.74, 6) is 6.54. The van der Waals surface area contributed by atoms with Gasteiger partial charge in [0.25, 0.3) is 0 Å². The van der Waals surface area contributed by atoms with Crippen LogP contribution in [-0.2, 0) is 10.8 Å². The molecule has 0 unspecified atom stereocenters. The van der Waals surface area contributed by atoms with Crippen molar-refractivity contribution in [2.45, 2.75) is 87.9 Å². The molecule has 0 heterocycles. The summed E-state index contributed by atoms with van der Waals surface area (Å²) < 4.78 is 21.5. The number of anilines is 3. The van der Waals surface area contributed by atoms with Crippen molar-refractivity contribution in [3.05, 3.63) is 88.5 Å². The fourth-order valence-electron chi connectivity index (χ4n) is 13.1. The first-order chi connectivity index (χ1) is 27.1. The van der Waals surface area contributed by atoms with Crippen molar-refractivity contribution in [3.63, 3.8) is 0 Å². The van der Waals surface area contributed by atoms with Gasteiger partial charge in [-0.25, -0.2) is 0 Å². The van der Waals surface area contributed by atoms with Crippen molar-refractivity contribution in [3.8, 4) is 52.7 Å². The smallest absolute Gasteiger partial charge is 0.177 e. The van der Waals surface area contributed by atoms with Crippen LogP contribution in [-0.4, -0.2) is 0 Å². The third-order valence-electron chi connectivity index (χ3n) is 14.4. The van der Waals surface area contributed by atoms with Crippen LogP contribution in [0.1, 0.15) is 105 Å². The molecule has 282 valence electrons. The predicted molar refractivity (Wildman–Crippen MR) is 213 cm³/mol. The van der Waals surface area contributed by atoms with Crippen LogP contribution in [0.15, 0.2) is 60.7 Å². The maximum Gasteiger partial charge on any atom is 0.177 e. The molecule has 0 aromatic heterocycles. The van der Waals surface area contributed by atoms with Crippen LogP contribution in [0.25, 0.3) is 0 Å². The molecule has 0 saturated heterocycles. The lowest BCUT2D eigenvalue weighted by Gasteiger charge is -2.59. The number of nitrogens with zero attached hydrogens (tertiary/aromatic N) is 3. The summed E-state index contributed by atoms with van der Waals surface area (Å²) in [6.07, 6.45) is 13.6. The van der Waals surface area contributed by atoms with Crippen molar-refractivity contribution < 1.29 is 14.2 Å². The molecule has 0 spiro atoms. The Morgan fingerprint density at radius 2 is 0.804 bits per heavy atom. The Morgan fingerprint density at radius 1 is 0.446 bits per heavy atom. The molecule has 6 N–H and O–H groups in total. The largest absolute Gasteiger partial charge is 0.455 e. The Kier molecular flexibility index (Phi) is 7.95. The maximum absolute atomic E-state index is 10.4. The molecular formula is C47H46N6O3. The van der Waals surface area contributed by atoms with Gasteiger partial charge in [-0.15, -0.1) is 0 Å². The number of ether oxygens (including phenoxy) is 3. The number of rotatable bonds is 8. The second kappa shape index (κ2) is 12.9. The number of nitrogens with two attached hydrogens (primary N) is 3. The van der Waals surface area contributed by atoms with Crippen LogP contribution < -0.4 is 31.4 Å². The van der Waals surface area contributed by atoms with E-state index in [1.54, 1.807) is 48.5 Å². The lowest BCUT2D eigenvalue weighted by Crippen LogP contribution is -2.50. The second-order valence-electron chi connectivity index (χ2n) is 18.3. The van der Waals surface area contributed by atoms with E-state index in [4.69, 9.17) is 31.4 Å². The number of benzene rings is 4. The second-order valence-corrected chi connectivity index (χ2v) is 18.3. The molecule has 4 aromatic carbocycles. The zero-order valence-corrected chi connectivity index (χ0v) is 31.5. The van der Waals surface area contributed by atoms with Crippen LogP contribution in [0, 0.1) is 69.5 Å². The van der Waals surface area contributed by atoms with Crippen LogP contribution in [0.5, 0.6) is 34.5 Å². The van der Waals surface area contributed by atoms with Crippen LogP contribution in [0.4, 0.5) is 17.1 Å². The Labute approximate surface area is 327 Å². The summed E-state index contributed by atoms with van der Waals surface area (Å²) in [5, 5.41) is 31.1. The molecule has 8 fully saturated rings. The highest BCUT2D eigenvalue weighted by Crippen LogP contribution is 2.69. The fraction of sp³-hybridized carbons (Fsp3) is 0.426. The highest BCUT2D eigenvalue weighted by molar-refractivity contribution is 5.69. The van der Waals surface area contributed by atoms with Gasteiger partial charge >= 0.3 is 0 Å². The van der Waals surface area contributed by atoms with Crippen molar-refractivity contribution >= 4 is 17.1 Å². The molecule has 12 rings (SSSR count). The van der Waals surface area contributed by atoms with Gasteiger partial charge in [0.1, 0.15) is 41.2 Å². The van der Waals surface area contributed by atoms with E-state index in [0.717, 1.165) is 55.4 Å². The average molecular weight is 743 g/mol. The van der Waals surface area contributed by atoms with Gasteiger partial charge < -0.3 is 31.4 Å². The number of nitriles is 3. The molecule has 9 nitrogen and oxygen atoms in total. The van der Waals surface area contributed by atoms with Gasteiger partial charge in [0.2, 0.25) is 0 Å². The fourth-order valence-corrected chi connectivity index (χ4v) is 13.1. The van der Waals surface area contributed by atoms with E-state index in [1.165, 1.54) is 38.5 Å². The van der Waals surface area contributed by atoms with E-state index in [-0.39, 0.29) is 10.8 Å². The molecule has 8 saturated carbocycles. The predicted octanol–water partition coefficient (Wildman–Crippen LogP) is 10.4. The molecule has 4 aromatic rings. The molecule has 0 atom stereocenters. The Balaban J connectivity index is 1.30. The molecule has 9 heteroatoms. The summed E-state index contributed by atoms with van der Waals surface area (Å²) in [7, 11) is 0. The molecule has 0 aliphatic heterocycles. The molecule has 56 heavy (non-hydrogen) atoms.